The summed E-state index contributed by atoms with van der Waals surface area (Å²) in [5.74, 6) is 0. The standard InChI is InChI=1S/C7H12F2O2/c1-4(8)7-6(10)5(9)2-3-11-7/h4-7,10H,2-3H2,1H3. The highest BCUT2D eigenvalue weighted by Gasteiger charge is 2.36. The molecule has 1 aliphatic heterocycles. The summed E-state index contributed by atoms with van der Waals surface area (Å²) in [5, 5.41) is 9.07. The molecule has 11 heavy (non-hydrogen) atoms. The molecule has 1 heterocycles. The Labute approximate surface area is 64.2 Å². The highest BCUT2D eigenvalue weighted by molar-refractivity contribution is 4.84. The van der Waals surface area contributed by atoms with Gasteiger partial charge in [0.25, 0.3) is 0 Å². The molecule has 0 spiro atoms. The maximum Gasteiger partial charge on any atom is 0.131 e. The Hall–Kier alpha value is -0.220. The Morgan fingerprint density at radius 3 is 2.73 bits per heavy atom. The predicted octanol–water partition coefficient (Wildman–Crippen LogP) is 0.832. The fourth-order valence-electron chi connectivity index (χ4n) is 1.20. The summed E-state index contributed by atoms with van der Waals surface area (Å²) >= 11 is 0. The lowest BCUT2D eigenvalue weighted by Gasteiger charge is -2.31. The van der Waals surface area contributed by atoms with Crippen LogP contribution in [0.4, 0.5) is 8.78 Å². The molecule has 1 saturated heterocycles. The largest absolute Gasteiger partial charge is 0.387 e. The lowest BCUT2D eigenvalue weighted by molar-refractivity contribution is -0.135. The molecule has 66 valence electrons. The Morgan fingerprint density at radius 2 is 2.27 bits per heavy atom. The van der Waals surface area contributed by atoms with Crippen molar-refractivity contribution in [1.29, 1.82) is 0 Å². The molecule has 0 aromatic carbocycles. The van der Waals surface area contributed by atoms with Gasteiger partial charge in [-0.2, -0.15) is 0 Å². The normalized spacial score (nSPS) is 42.0. The van der Waals surface area contributed by atoms with Crippen molar-refractivity contribution >= 4 is 0 Å². The molecule has 4 unspecified atom stereocenters. The van der Waals surface area contributed by atoms with Crippen LogP contribution in [0, 0.1) is 0 Å². The zero-order valence-electron chi connectivity index (χ0n) is 6.34. The first-order valence-corrected chi connectivity index (χ1v) is 3.70. The third-order valence-corrected chi connectivity index (χ3v) is 1.86. The number of alkyl halides is 2. The van der Waals surface area contributed by atoms with Gasteiger partial charge in [0.15, 0.2) is 0 Å². The van der Waals surface area contributed by atoms with Gasteiger partial charge in [0.1, 0.15) is 24.6 Å². The Bertz CT molecular complexity index is 130. The zero-order valence-corrected chi connectivity index (χ0v) is 6.34. The maximum absolute atomic E-state index is 12.7. The molecule has 1 rings (SSSR count). The summed E-state index contributed by atoms with van der Waals surface area (Å²) in [4.78, 5) is 0. The molecular formula is C7H12F2O2. The van der Waals surface area contributed by atoms with Crippen molar-refractivity contribution in [2.24, 2.45) is 0 Å². The van der Waals surface area contributed by atoms with Gasteiger partial charge in [0.05, 0.1) is 6.61 Å². The van der Waals surface area contributed by atoms with Crippen LogP contribution in [0.5, 0.6) is 0 Å². The van der Waals surface area contributed by atoms with Gasteiger partial charge in [-0.05, 0) is 6.92 Å². The van der Waals surface area contributed by atoms with Crippen LogP contribution in [0.1, 0.15) is 13.3 Å². The van der Waals surface area contributed by atoms with Crippen LogP contribution in [0.15, 0.2) is 0 Å². The molecule has 0 radical (unpaired) electrons. The molecule has 0 amide bonds. The van der Waals surface area contributed by atoms with Crippen molar-refractivity contribution < 1.29 is 18.6 Å². The molecule has 1 aliphatic rings. The lowest BCUT2D eigenvalue weighted by atomic mass is 10.0. The summed E-state index contributed by atoms with van der Waals surface area (Å²) < 4.78 is 30.1. The highest BCUT2D eigenvalue weighted by Crippen LogP contribution is 2.21. The first-order valence-electron chi connectivity index (χ1n) is 3.70. The summed E-state index contributed by atoms with van der Waals surface area (Å²) in [7, 11) is 0. The van der Waals surface area contributed by atoms with E-state index >= 15 is 0 Å². The van der Waals surface area contributed by atoms with Crippen molar-refractivity contribution in [2.45, 2.75) is 37.9 Å². The smallest absolute Gasteiger partial charge is 0.131 e. The molecule has 4 heteroatoms. The second-order valence-electron chi connectivity index (χ2n) is 2.81. The van der Waals surface area contributed by atoms with E-state index in [0.29, 0.717) is 0 Å². The molecule has 1 fully saturated rings. The van der Waals surface area contributed by atoms with Crippen LogP contribution in [-0.2, 0) is 4.74 Å². The lowest BCUT2D eigenvalue weighted by Crippen LogP contribution is -2.46. The second-order valence-corrected chi connectivity index (χ2v) is 2.81. The number of aliphatic hydroxyl groups excluding tert-OH is 1. The Balaban J connectivity index is 2.51. The topological polar surface area (TPSA) is 29.5 Å². The SMILES string of the molecule is CC(F)C1OCCC(F)C1O. The Kier molecular flexibility index (Phi) is 2.78. The van der Waals surface area contributed by atoms with Crippen LogP contribution in [0.25, 0.3) is 0 Å². The molecule has 0 bridgehead atoms. The van der Waals surface area contributed by atoms with Gasteiger partial charge in [0, 0.05) is 6.42 Å². The van der Waals surface area contributed by atoms with Gasteiger partial charge in [-0.15, -0.1) is 0 Å². The first kappa shape index (κ1) is 8.87. The van der Waals surface area contributed by atoms with E-state index in [-0.39, 0.29) is 13.0 Å². The fraction of sp³-hybridized carbons (Fsp3) is 1.00. The quantitative estimate of drug-likeness (QED) is 0.625. The summed E-state index contributed by atoms with van der Waals surface area (Å²) in [6, 6.07) is 0. The number of halogens is 2. The average Bonchev–Trinajstić information content (AvgIpc) is 1.94. The van der Waals surface area contributed by atoms with Gasteiger partial charge in [0.2, 0.25) is 0 Å². The van der Waals surface area contributed by atoms with Gasteiger partial charge >= 0.3 is 0 Å². The van der Waals surface area contributed by atoms with E-state index in [1.165, 1.54) is 6.92 Å². The molecule has 0 aromatic rings. The minimum absolute atomic E-state index is 0.157. The van der Waals surface area contributed by atoms with Crippen molar-refractivity contribution in [3.8, 4) is 0 Å². The van der Waals surface area contributed by atoms with Gasteiger partial charge in [-0.25, -0.2) is 8.78 Å². The molecular weight excluding hydrogens is 154 g/mol. The average molecular weight is 166 g/mol. The van der Waals surface area contributed by atoms with Crippen LogP contribution in [0.2, 0.25) is 0 Å². The number of rotatable bonds is 1. The Morgan fingerprint density at radius 1 is 1.64 bits per heavy atom. The third-order valence-electron chi connectivity index (χ3n) is 1.86. The minimum atomic E-state index is -1.34. The number of hydrogen-bond acceptors (Lipinski definition) is 2. The second kappa shape index (κ2) is 3.45. The molecule has 0 aromatic heterocycles. The summed E-state index contributed by atoms with van der Waals surface area (Å²) in [6.45, 7) is 1.45. The maximum atomic E-state index is 12.7. The highest BCUT2D eigenvalue weighted by atomic mass is 19.1. The predicted molar refractivity (Wildman–Crippen MR) is 35.8 cm³/mol. The van der Waals surface area contributed by atoms with E-state index in [1.807, 2.05) is 0 Å². The van der Waals surface area contributed by atoms with E-state index < -0.39 is 24.6 Å². The molecule has 2 nitrogen and oxygen atoms in total. The van der Waals surface area contributed by atoms with Crippen LogP contribution in [0.3, 0.4) is 0 Å². The number of aliphatic hydroxyl groups is 1. The van der Waals surface area contributed by atoms with Crippen molar-refractivity contribution in [2.75, 3.05) is 6.61 Å². The molecule has 1 N–H and O–H groups in total. The minimum Gasteiger partial charge on any atom is -0.387 e. The van der Waals surface area contributed by atoms with Crippen LogP contribution < -0.4 is 0 Å². The third kappa shape index (κ3) is 1.87. The van der Waals surface area contributed by atoms with Gasteiger partial charge in [-0.1, -0.05) is 0 Å². The first-order chi connectivity index (χ1) is 5.13. The number of ether oxygens (including phenoxy) is 1. The van der Waals surface area contributed by atoms with Crippen molar-refractivity contribution in [1.82, 2.24) is 0 Å². The van der Waals surface area contributed by atoms with E-state index in [1.54, 1.807) is 0 Å². The summed E-state index contributed by atoms with van der Waals surface area (Å²) in [5.41, 5.74) is 0. The molecule has 4 atom stereocenters. The zero-order chi connectivity index (χ0) is 8.43. The van der Waals surface area contributed by atoms with E-state index in [9.17, 15) is 8.78 Å². The van der Waals surface area contributed by atoms with E-state index in [4.69, 9.17) is 9.84 Å². The van der Waals surface area contributed by atoms with Crippen LogP contribution >= 0.6 is 0 Å². The monoisotopic (exact) mass is 166 g/mol. The van der Waals surface area contributed by atoms with E-state index in [0.717, 1.165) is 0 Å². The van der Waals surface area contributed by atoms with Crippen LogP contribution in [-0.4, -0.2) is 36.3 Å². The number of hydrogen-bond donors (Lipinski definition) is 1. The van der Waals surface area contributed by atoms with E-state index in [2.05, 4.69) is 0 Å². The summed E-state index contributed by atoms with van der Waals surface area (Å²) in [6.07, 6.45) is -4.79. The van der Waals surface area contributed by atoms with Gasteiger partial charge in [-0.3, -0.25) is 0 Å². The molecule has 0 aliphatic carbocycles. The molecule has 0 saturated carbocycles. The van der Waals surface area contributed by atoms with Crippen molar-refractivity contribution in [3.05, 3.63) is 0 Å². The van der Waals surface area contributed by atoms with Gasteiger partial charge < -0.3 is 9.84 Å². The van der Waals surface area contributed by atoms with Crippen molar-refractivity contribution in [3.63, 3.8) is 0 Å². The fourth-order valence-corrected chi connectivity index (χ4v) is 1.20.